The maximum absolute atomic E-state index is 11.8. The third-order valence-corrected chi connectivity index (χ3v) is 4.51. The molecule has 1 unspecified atom stereocenters. The Morgan fingerprint density at radius 2 is 1.93 bits per heavy atom. The Morgan fingerprint density at radius 3 is 2.40 bits per heavy atom. The first-order chi connectivity index (χ1) is 6.95. The predicted molar refractivity (Wildman–Crippen MR) is 64.5 cm³/mol. The molecule has 0 saturated carbocycles. The number of rotatable bonds is 8. The van der Waals surface area contributed by atoms with Crippen LogP contribution in [0.15, 0.2) is 0 Å². The average Bonchev–Trinajstić information content (AvgIpc) is 2.17. The van der Waals surface area contributed by atoms with Crippen LogP contribution in [0, 0.1) is 0 Å². The van der Waals surface area contributed by atoms with Gasteiger partial charge in [-0.1, -0.05) is 20.3 Å². The molecule has 0 aromatic carbocycles. The molecule has 1 N–H and O–H groups in total. The van der Waals surface area contributed by atoms with Gasteiger partial charge in [0.1, 0.15) is 0 Å². The Kier molecular flexibility index (Phi) is 7.13. The molecule has 0 aliphatic rings. The predicted octanol–water partition coefficient (Wildman–Crippen LogP) is 1.05. The summed E-state index contributed by atoms with van der Waals surface area (Å²) in [5.41, 5.74) is 0. The zero-order valence-corrected chi connectivity index (χ0v) is 11.1. The first kappa shape index (κ1) is 14.9. The van der Waals surface area contributed by atoms with Crippen LogP contribution in [0.5, 0.6) is 0 Å². The molecule has 0 radical (unpaired) electrons. The van der Waals surface area contributed by atoms with Crippen molar-refractivity contribution in [3.8, 4) is 0 Å². The van der Waals surface area contributed by atoms with E-state index in [9.17, 15) is 8.42 Å². The summed E-state index contributed by atoms with van der Waals surface area (Å²) in [5.74, 6) is 0.186. The molecule has 0 aromatic heterocycles. The number of hydrogen-bond acceptors (Lipinski definition) is 3. The molecule has 15 heavy (non-hydrogen) atoms. The summed E-state index contributed by atoms with van der Waals surface area (Å²) in [6.45, 7) is 7.33. The summed E-state index contributed by atoms with van der Waals surface area (Å²) in [7, 11) is -1.41. The van der Waals surface area contributed by atoms with Gasteiger partial charge < -0.3 is 5.32 Å². The molecule has 0 aromatic rings. The minimum atomic E-state index is -3.08. The van der Waals surface area contributed by atoms with E-state index >= 15 is 0 Å². The minimum Gasteiger partial charge on any atom is -0.316 e. The highest BCUT2D eigenvalue weighted by atomic mass is 32.2. The largest absolute Gasteiger partial charge is 0.316 e. The zero-order valence-electron chi connectivity index (χ0n) is 10.3. The van der Waals surface area contributed by atoms with Crippen molar-refractivity contribution < 1.29 is 8.42 Å². The van der Waals surface area contributed by atoms with E-state index in [1.807, 2.05) is 13.8 Å². The maximum Gasteiger partial charge on any atom is 0.215 e. The van der Waals surface area contributed by atoms with Crippen LogP contribution in [-0.4, -0.2) is 44.7 Å². The minimum absolute atomic E-state index is 0.0987. The topological polar surface area (TPSA) is 49.4 Å². The molecule has 92 valence electrons. The van der Waals surface area contributed by atoms with Gasteiger partial charge in [-0.05, 0) is 19.9 Å². The molecule has 0 amide bonds. The van der Waals surface area contributed by atoms with Crippen molar-refractivity contribution in [3.05, 3.63) is 0 Å². The second-order valence-corrected chi connectivity index (χ2v) is 5.97. The highest BCUT2D eigenvalue weighted by Crippen LogP contribution is 2.09. The van der Waals surface area contributed by atoms with Gasteiger partial charge in [0.25, 0.3) is 0 Å². The van der Waals surface area contributed by atoms with E-state index in [1.165, 1.54) is 4.31 Å². The van der Waals surface area contributed by atoms with E-state index in [2.05, 4.69) is 12.2 Å². The van der Waals surface area contributed by atoms with Crippen LogP contribution in [0.25, 0.3) is 0 Å². The highest BCUT2D eigenvalue weighted by Gasteiger charge is 2.21. The molecule has 0 heterocycles. The summed E-state index contributed by atoms with van der Waals surface area (Å²) in [4.78, 5) is 0. The van der Waals surface area contributed by atoms with Gasteiger partial charge in [0.2, 0.25) is 10.0 Å². The van der Waals surface area contributed by atoms with Crippen LogP contribution in [0.4, 0.5) is 0 Å². The number of sulfonamides is 1. The Balaban J connectivity index is 4.19. The first-order valence-corrected chi connectivity index (χ1v) is 7.23. The lowest BCUT2D eigenvalue weighted by Gasteiger charge is -2.23. The Morgan fingerprint density at radius 1 is 1.33 bits per heavy atom. The van der Waals surface area contributed by atoms with Gasteiger partial charge in [-0.15, -0.1) is 0 Å². The van der Waals surface area contributed by atoms with Crippen molar-refractivity contribution in [3.63, 3.8) is 0 Å². The summed E-state index contributed by atoms with van der Waals surface area (Å²) < 4.78 is 25.1. The average molecular weight is 236 g/mol. The van der Waals surface area contributed by atoms with Crippen LogP contribution < -0.4 is 5.32 Å². The molecule has 0 fully saturated rings. The molecule has 0 aliphatic heterocycles. The fourth-order valence-electron chi connectivity index (χ4n) is 1.40. The Labute approximate surface area is 94.1 Å². The third-order valence-electron chi connectivity index (χ3n) is 2.55. The van der Waals surface area contributed by atoms with Crippen LogP contribution in [0.1, 0.15) is 33.6 Å². The van der Waals surface area contributed by atoms with Gasteiger partial charge in [-0.2, -0.15) is 0 Å². The smallest absolute Gasteiger partial charge is 0.215 e. The van der Waals surface area contributed by atoms with Crippen molar-refractivity contribution in [1.82, 2.24) is 9.62 Å². The van der Waals surface area contributed by atoms with E-state index in [0.29, 0.717) is 6.54 Å². The second kappa shape index (κ2) is 7.19. The van der Waals surface area contributed by atoms with Crippen molar-refractivity contribution >= 4 is 10.0 Å². The number of hydrogen-bond donors (Lipinski definition) is 1. The molecule has 0 rings (SSSR count). The van der Waals surface area contributed by atoms with Crippen LogP contribution in [0.3, 0.4) is 0 Å². The summed E-state index contributed by atoms with van der Waals surface area (Å²) >= 11 is 0. The molecule has 0 bridgehead atoms. The van der Waals surface area contributed by atoms with Crippen LogP contribution >= 0.6 is 0 Å². The number of nitrogens with zero attached hydrogens (tertiary/aromatic N) is 1. The van der Waals surface area contributed by atoms with Gasteiger partial charge in [0, 0.05) is 19.6 Å². The molecule has 0 saturated heterocycles. The molecule has 5 heteroatoms. The van der Waals surface area contributed by atoms with Crippen molar-refractivity contribution in [2.45, 2.75) is 39.7 Å². The third kappa shape index (κ3) is 5.49. The maximum atomic E-state index is 11.8. The number of nitrogens with one attached hydrogen (secondary N) is 1. The normalized spacial score (nSPS) is 14.5. The van der Waals surface area contributed by atoms with Gasteiger partial charge in [-0.25, -0.2) is 12.7 Å². The standard InChI is InChI=1S/C10H24N2O2S/c1-5-7-10(3)12(4)15(13,14)9-8-11-6-2/h10-11H,5-9H2,1-4H3. The van der Waals surface area contributed by atoms with Gasteiger partial charge in [0.05, 0.1) is 5.75 Å². The van der Waals surface area contributed by atoms with E-state index in [4.69, 9.17) is 0 Å². The van der Waals surface area contributed by atoms with Gasteiger partial charge >= 0.3 is 0 Å². The van der Waals surface area contributed by atoms with Gasteiger partial charge in [-0.3, -0.25) is 0 Å². The summed E-state index contributed by atoms with van der Waals surface area (Å²) in [6.07, 6.45) is 1.92. The van der Waals surface area contributed by atoms with Crippen molar-refractivity contribution in [2.75, 3.05) is 25.9 Å². The molecule has 4 nitrogen and oxygen atoms in total. The second-order valence-electron chi connectivity index (χ2n) is 3.82. The SMILES string of the molecule is CCCC(C)N(C)S(=O)(=O)CCNCC. The lowest BCUT2D eigenvalue weighted by atomic mass is 10.2. The summed E-state index contributed by atoms with van der Waals surface area (Å²) in [6, 6.07) is 0.0987. The van der Waals surface area contributed by atoms with Gasteiger partial charge in [0.15, 0.2) is 0 Å². The Hall–Kier alpha value is -0.130. The zero-order chi connectivity index (χ0) is 11.9. The quantitative estimate of drug-likeness (QED) is 0.641. The molecule has 1 atom stereocenters. The summed E-state index contributed by atoms with van der Waals surface area (Å²) in [5, 5.41) is 3.02. The molecular weight excluding hydrogens is 212 g/mol. The van der Waals surface area contributed by atoms with E-state index in [1.54, 1.807) is 7.05 Å². The Bertz CT molecular complexity index is 252. The van der Waals surface area contributed by atoms with E-state index in [0.717, 1.165) is 19.4 Å². The highest BCUT2D eigenvalue weighted by molar-refractivity contribution is 7.89. The fourth-order valence-corrected chi connectivity index (χ4v) is 2.74. The van der Waals surface area contributed by atoms with Crippen molar-refractivity contribution in [1.29, 1.82) is 0 Å². The van der Waals surface area contributed by atoms with Crippen LogP contribution in [0.2, 0.25) is 0 Å². The monoisotopic (exact) mass is 236 g/mol. The van der Waals surface area contributed by atoms with E-state index < -0.39 is 10.0 Å². The molecular formula is C10H24N2O2S. The first-order valence-electron chi connectivity index (χ1n) is 5.62. The molecule has 0 aliphatic carbocycles. The molecule has 0 spiro atoms. The van der Waals surface area contributed by atoms with Crippen molar-refractivity contribution in [2.24, 2.45) is 0 Å². The van der Waals surface area contributed by atoms with E-state index in [-0.39, 0.29) is 11.8 Å². The van der Waals surface area contributed by atoms with Crippen LogP contribution in [-0.2, 0) is 10.0 Å². The lowest BCUT2D eigenvalue weighted by Crippen LogP contribution is -2.39. The fraction of sp³-hybridized carbons (Fsp3) is 1.00. The lowest BCUT2D eigenvalue weighted by molar-refractivity contribution is 0.368.